The molecule has 8 heteroatoms. The van der Waals surface area contributed by atoms with Crippen molar-refractivity contribution in [3.63, 3.8) is 0 Å². The topological polar surface area (TPSA) is 68.6 Å². The molecule has 1 aromatic carbocycles. The van der Waals surface area contributed by atoms with Gasteiger partial charge in [-0.2, -0.15) is 5.10 Å². The summed E-state index contributed by atoms with van der Waals surface area (Å²) < 4.78 is 12.6. The van der Waals surface area contributed by atoms with Crippen LogP contribution in [-0.4, -0.2) is 60.5 Å². The lowest BCUT2D eigenvalue weighted by Crippen LogP contribution is -2.40. The van der Waals surface area contributed by atoms with Crippen LogP contribution in [0.1, 0.15) is 48.7 Å². The van der Waals surface area contributed by atoms with Gasteiger partial charge in [-0.15, -0.1) is 11.3 Å². The Morgan fingerprint density at radius 3 is 2.79 bits per heavy atom. The lowest BCUT2D eigenvalue weighted by Gasteiger charge is -2.35. The predicted octanol–water partition coefficient (Wildman–Crippen LogP) is 4.70. The molecule has 0 bridgehead atoms. The van der Waals surface area contributed by atoms with E-state index in [-0.39, 0.29) is 5.91 Å². The molecule has 7 nitrogen and oxygen atoms in total. The van der Waals surface area contributed by atoms with Gasteiger partial charge in [-0.05, 0) is 56.5 Å². The number of carbonyl (C=O) groups excluding carboxylic acids is 1. The van der Waals surface area contributed by atoms with E-state index in [1.54, 1.807) is 14.2 Å². The number of hydrogen-bond acceptors (Lipinski definition) is 6. The zero-order valence-electron chi connectivity index (χ0n) is 20.0. The fraction of sp³-hybridized carbons (Fsp3) is 0.520. The van der Waals surface area contributed by atoms with Crippen molar-refractivity contribution in [2.75, 3.05) is 33.9 Å². The lowest BCUT2D eigenvalue weighted by molar-refractivity contribution is 0.0951. The highest BCUT2D eigenvalue weighted by molar-refractivity contribution is 7.20. The molecule has 1 fully saturated rings. The molecular weight excluding hydrogens is 436 g/mol. The largest absolute Gasteiger partial charge is 0.493 e. The van der Waals surface area contributed by atoms with Crippen molar-refractivity contribution in [2.45, 2.75) is 45.1 Å². The molecule has 3 aromatic rings. The van der Waals surface area contributed by atoms with Crippen LogP contribution >= 0.6 is 11.3 Å². The van der Waals surface area contributed by atoms with E-state index < -0.39 is 0 Å². The van der Waals surface area contributed by atoms with Gasteiger partial charge in [0.15, 0.2) is 11.5 Å². The number of methoxy groups -OCH3 is 2. The summed E-state index contributed by atoms with van der Waals surface area (Å²) >= 11 is 1.48. The van der Waals surface area contributed by atoms with E-state index in [4.69, 9.17) is 9.47 Å². The maximum atomic E-state index is 12.8. The van der Waals surface area contributed by atoms with Crippen molar-refractivity contribution in [1.82, 2.24) is 20.0 Å². The summed E-state index contributed by atoms with van der Waals surface area (Å²) in [5.74, 6) is 1.31. The van der Waals surface area contributed by atoms with Gasteiger partial charge >= 0.3 is 0 Å². The second-order valence-corrected chi connectivity index (χ2v) is 9.61. The Hall–Kier alpha value is -2.58. The number of amides is 1. The number of thiophene rings is 1. The van der Waals surface area contributed by atoms with Crippen LogP contribution < -0.4 is 14.8 Å². The fourth-order valence-corrected chi connectivity index (χ4v) is 5.73. The van der Waals surface area contributed by atoms with E-state index >= 15 is 0 Å². The van der Waals surface area contributed by atoms with Gasteiger partial charge in [0.2, 0.25) is 0 Å². The number of fused-ring (bicyclic) bond motifs is 1. The molecule has 1 atom stereocenters. The van der Waals surface area contributed by atoms with Crippen molar-refractivity contribution < 1.29 is 14.3 Å². The summed E-state index contributed by atoms with van der Waals surface area (Å²) in [6.07, 6.45) is 6.14. The summed E-state index contributed by atoms with van der Waals surface area (Å²) in [6.45, 7) is 5.21. The first-order chi connectivity index (χ1) is 16.0. The zero-order chi connectivity index (χ0) is 23.4. The highest BCUT2D eigenvalue weighted by atomic mass is 32.1. The lowest BCUT2D eigenvalue weighted by atomic mass is 10.00. The quantitative estimate of drug-likeness (QED) is 0.459. The molecule has 0 radical (unpaired) electrons. The van der Waals surface area contributed by atoms with Crippen LogP contribution in [0.5, 0.6) is 11.5 Å². The molecule has 1 saturated heterocycles. The SMILES string of the molecule is CCC1CCCCN1CCCNC(=O)c1cc2c(-c3ccc(OC)c(OC)c3)nn(C)c2s1. The Morgan fingerprint density at radius 2 is 2.03 bits per heavy atom. The van der Waals surface area contributed by atoms with Crippen molar-refractivity contribution in [3.05, 3.63) is 29.1 Å². The van der Waals surface area contributed by atoms with E-state index in [0.29, 0.717) is 29.0 Å². The van der Waals surface area contributed by atoms with E-state index in [1.807, 2.05) is 36.0 Å². The molecule has 1 N–H and O–H groups in total. The number of nitrogens with one attached hydrogen (secondary N) is 1. The van der Waals surface area contributed by atoms with Gasteiger partial charge in [0.25, 0.3) is 5.91 Å². The minimum Gasteiger partial charge on any atom is -0.493 e. The van der Waals surface area contributed by atoms with Crippen molar-refractivity contribution in [2.24, 2.45) is 7.05 Å². The molecule has 1 amide bonds. The molecule has 1 unspecified atom stereocenters. The minimum atomic E-state index is -0.0138. The third-order valence-electron chi connectivity index (χ3n) is 6.52. The van der Waals surface area contributed by atoms with Crippen LogP contribution in [0, 0.1) is 0 Å². The van der Waals surface area contributed by atoms with E-state index in [1.165, 1.54) is 43.6 Å². The maximum Gasteiger partial charge on any atom is 0.261 e. The molecule has 1 aliphatic heterocycles. The molecule has 4 rings (SSSR count). The van der Waals surface area contributed by atoms with E-state index in [0.717, 1.165) is 34.4 Å². The molecule has 3 heterocycles. The highest BCUT2D eigenvalue weighted by Gasteiger charge is 2.21. The van der Waals surface area contributed by atoms with Crippen molar-refractivity contribution in [3.8, 4) is 22.8 Å². The van der Waals surface area contributed by atoms with Crippen LogP contribution in [0.25, 0.3) is 21.5 Å². The number of aromatic nitrogens is 2. The number of rotatable bonds is 9. The summed E-state index contributed by atoms with van der Waals surface area (Å²) in [6, 6.07) is 8.42. The Bertz CT molecular complexity index is 1110. The second-order valence-electron chi connectivity index (χ2n) is 8.57. The second kappa shape index (κ2) is 10.6. The van der Waals surface area contributed by atoms with Crippen LogP contribution in [0.4, 0.5) is 0 Å². The molecule has 0 spiro atoms. The third kappa shape index (κ3) is 5.01. The van der Waals surface area contributed by atoms with Crippen molar-refractivity contribution >= 4 is 27.5 Å². The Labute approximate surface area is 199 Å². The maximum absolute atomic E-state index is 12.8. The number of carbonyl (C=O) groups is 1. The highest BCUT2D eigenvalue weighted by Crippen LogP contribution is 2.37. The van der Waals surface area contributed by atoms with Crippen molar-refractivity contribution in [1.29, 1.82) is 0 Å². The monoisotopic (exact) mass is 470 g/mol. The van der Waals surface area contributed by atoms with Gasteiger partial charge in [0.05, 0.1) is 19.1 Å². The predicted molar refractivity (Wildman–Crippen MR) is 134 cm³/mol. The molecule has 1 aliphatic rings. The Morgan fingerprint density at radius 1 is 1.21 bits per heavy atom. The number of piperidine rings is 1. The standard InChI is InChI=1S/C25H34N4O3S/c1-5-18-9-6-7-13-29(18)14-8-12-26-24(30)22-16-19-23(27-28(2)25(19)33-22)17-10-11-20(31-3)21(15-17)32-4/h10-11,15-16,18H,5-9,12-14H2,1-4H3,(H,26,30). The Kier molecular flexibility index (Phi) is 7.55. The van der Waals surface area contributed by atoms with Gasteiger partial charge in [-0.3, -0.25) is 9.48 Å². The number of benzene rings is 1. The van der Waals surface area contributed by atoms with Gasteiger partial charge in [-0.1, -0.05) is 13.3 Å². The van der Waals surface area contributed by atoms with Crippen LogP contribution in [0.2, 0.25) is 0 Å². The number of aryl methyl sites for hydroxylation is 1. The summed E-state index contributed by atoms with van der Waals surface area (Å²) in [5.41, 5.74) is 1.76. The number of likely N-dealkylation sites (tertiary alicyclic amines) is 1. The zero-order valence-corrected chi connectivity index (χ0v) is 20.8. The number of ether oxygens (including phenoxy) is 2. The fourth-order valence-electron chi connectivity index (χ4n) is 4.74. The smallest absolute Gasteiger partial charge is 0.261 e. The van der Waals surface area contributed by atoms with Gasteiger partial charge in [0.1, 0.15) is 10.5 Å². The van der Waals surface area contributed by atoms with E-state index in [9.17, 15) is 4.79 Å². The molecule has 33 heavy (non-hydrogen) atoms. The Balaban J connectivity index is 1.43. The molecule has 2 aromatic heterocycles. The summed E-state index contributed by atoms with van der Waals surface area (Å²) in [4.78, 5) is 17.1. The van der Waals surface area contributed by atoms with Crippen LogP contribution in [0.15, 0.2) is 24.3 Å². The normalized spacial score (nSPS) is 16.8. The van der Waals surface area contributed by atoms with Crippen LogP contribution in [0.3, 0.4) is 0 Å². The van der Waals surface area contributed by atoms with Gasteiger partial charge in [-0.25, -0.2) is 0 Å². The number of hydrogen-bond donors (Lipinski definition) is 1. The summed E-state index contributed by atoms with van der Waals surface area (Å²) in [5, 5.41) is 8.77. The molecule has 0 saturated carbocycles. The van der Waals surface area contributed by atoms with E-state index in [2.05, 4.69) is 22.2 Å². The summed E-state index contributed by atoms with van der Waals surface area (Å²) in [7, 11) is 5.15. The first kappa shape index (κ1) is 23.6. The third-order valence-corrected chi connectivity index (χ3v) is 7.72. The molecule has 0 aliphatic carbocycles. The average molecular weight is 471 g/mol. The van der Waals surface area contributed by atoms with Gasteiger partial charge in [0, 0.05) is 37.1 Å². The first-order valence-electron chi connectivity index (χ1n) is 11.8. The van der Waals surface area contributed by atoms with Crippen LogP contribution in [-0.2, 0) is 7.05 Å². The molecule has 178 valence electrons. The van der Waals surface area contributed by atoms with Gasteiger partial charge < -0.3 is 19.7 Å². The number of nitrogens with zero attached hydrogens (tertiary/aromatic N) is 3. The average Bonchev–Trinajstić information content (AvgIpc) is 3.42. The first-order valence-corrected chi connectivity index (χ1v) is 12.6. The molecular formula is C25H34N4O3S. The minimum absolute atomic E-state index is 0.0138.